The van der Waals surface area contributed by atoms with Gasteiger partial charge in [-0.1, -0.05) is 30.2 Å². The van der Waals surface area contributed by atoms with E-state index < -0.39 is 15.9 Å². The zero-order valence-electron chi connectivity index (χ0n) is 15.0. The van der Waals surface area contributed by atoms with Gasteiger partial charge in [-0.05, 0) is 43.2 Å². The number of nitrogens with one attached hydrogen (secondary N) is 2. The Kier molecular flexibility index (Phi) is 5.09. The van der Waals surface area contributed by atoms with E-state index in [0.29, 0.717) is 19.0 Å². The monoisotopic (exact) mass is 418 g/mol. The Morgan fingerprint density at radius 1 is 1.11 bits per heavy atom. The SMILES string of the molecule is O=C(Nc1nc2ccccc2[nH]1)c1ccc(Cl)c(S(=O)(=O)N2CCCCC2)c1. The smallest absolute Gasteiger partial charge is 0.258 e. The summed E-state index contributed by atoms with van der Waals surface area (Å²) >= 11 is 6.16. The minimum Gasteiger partial charge on any atom is -0.324 e. The fourth-order valence-electron chi connectivity index (χ4n) is 3.28. The lowest BCUT2D eigenvalue weighted by molar-refractivity contribution is 0.102. The van der Waals surface area contributed by atoms with E-state index in [-0.39, 0.29) is 15.5 Å². The molecule has 2 N–H and O–H groups in total. The Labute approximate surface area is 167 Å². The van der Waals surface area contributed by atoms with Gasteiger partial charge in [-0.15, -0.1) is 0 Å². The molecule has 28 heavy (non-hydrogen) atoms. The number of aromatic amines is 1. The number of hydrogen-bond acceptors (Lipinski definition) is 4. The largest absolute Gasteiger partial charge is 0.324 e. The first-order valence-corrected chi connectivity index (χ1v) is 10.8. The molecule has 2 heterocycles. The second-order valence-electron chi connectivity index (χ2n) is 6.67. The molecular weight excluding hydrogens is 400 g/mol. The van der Waals surface area contributed by atoms with Gasteiger partial charge in [-0.2, -0.15) is 4.31 Å². The quantitative estimate of drug-likeness (QED) is 0.676. The third-order valence-electron chi connectivity index (χ3n) is 4.75. The molecule has 9 heteroatoms. The van der Waals surface area contributed by atoms with E-state index in [0.717, 1.165) is 30.3 Å². The highest BCUT2D eigenvalue weighted by Crippen LogP contribution is 2.28. The number of fused-ring (bicyclic) bond motifs is 1. The van der Waals surface area contributed by atoms with Gasteiger partial charge < -0.3 is 4.98 Å². The number of carbonyl (C=O) groups is 1. The molecule has 146 valence electrons. The number of sulfonamides is 1. The van der Waals surface area contributed by atoms with Gasteiger partial charge in [-0.25, -0.2) is 13.4 Å². The van der Waals surface area contributed by atoms with Crippen molar-refractivity contribution < 1.29 is 13.2 Å². The maximum absolute atomic E-state index is 12.9. The van der Waals surface area contributed by atoms with Crippen LogP contribution in [0.15, 0.2) is 47.4 Å². The van der Waals surface area contributed by atoms with Crippen LogP contribution in [0.25, 0.3) is 11.0 Å². The van der Waals surface area contributed by atoms with E-state index in [1.54, 1.807) is 0 Å². The molecule has 0 unspecified atom stereocenters. The number of rotatable bonds is 4. The van der Waals surface area contributed by atoms with Crippen LogP contribution in [0.5, 0.6) is 0 Å². The highest BCUT2D eigenvalue weighted by Gasteiger charge is 2.28. The van der Waals surface area contributed by atoms with Gasteiger partial charge in [0.1, 0.15) is 4.90 Å². The number of halogens is 1. The molecule has 1 saturated heterocycles. The highest BCUT2D eigenvalue weighted by molar-refractivity contribution is 7.89. The van der Waals surface area contributed by atoms with Gasteiger partial charge >= 0.3 is 0 Å². The first-order valence-electron chi connectivity index (χ1n) is 9.01. The van der Waals surface area contributed by atoms with E-state index >= 15 is 0 Å². The number of benzene rings is 2. The number of para-hydroxylation sites is 2. The molecule has 2 aromatic carbocycles. The van der Waals surface area contributed by atoms with Crippen molar-refractivity contribution in [3.63, 3.8) is 0 Å². The maximum Gasteiger partial charge on any atom is 0.258 e. The van der Waals surface area contributed by atoms with Crippen molar-refractivity contribution in [3.8, 4) is 0 Å². The van der Waals surface area contributed by atoms with Crippen molar-refractivity contribution in [2.75, 3.05) is 18.4 Å². The van der Waals surface area contributed by atoms with Crippen molar-refractivity contribution in [1.29, 1.82) is 0 Å². The lowest BCUT2D eigenvalue weighted by Crippen LogP contribution is -2.35. The third kappa shape index (κ3) is 3.63. The van der Waals surface area contributed by atoms with Crippen LogP contribution in [-0.2, 0) is 10.0 Å². The minimum absolute atomic E-state index is 0.0478. The van der Waals surface area contributed by atoms with Crippen molar-refractivity contribution in [3.05, 3.63) is 53.1 Å². The van der Waals surface area contributed by atoms with Crippen molar-refractivity contribution >= 4 is 44.5 Å². The van der Waals surface area contributed by atoms with Gasteiger partial charge in [0.25, 0.3) is 5.91 Å². The summed E-state index contributed by atoms with van der Waals surface area (Å²) in [6.45, 7) is 0.933. The Balaban J connectivity index is 1.61. The molecule has 3 aromatic rings. The van der Waals surface area contributed by atoms with Crippen LogP contribution in [0.2, 0.25) is 5.02 Å². The molecule has 1 aromatic heterocycles. The molecule has 0 radical (unpaired) electrons. The van der Waals surface area contributed by atoms with Crippen molar-refractivity contribution in [2.45, 2.75) is 24.2 Å². The summed E-state index contributed by atoms with van der Waals surface area (Å²) in [6, 6.07) is 11.6. The van der Waals surface area contributed by atoms with E-state index in [4.69, 9.17) is 11.6 Å². The number of piperidine rings is 1. The zero-order valence-corrected chi connectivity index (χ0v) is 16.6. The van der Waals surface area contributed by atoms with E-state index in [9.17, 15) is 13.2 Å². The molecule has 0 aliphatic carbocycles. The molecule has 4 rings (SSSR count). The highest BCUT2D eigenvalue weighted by atomic mass is 35.5. The summed E-state index contributed by atoms with van der Waals surface area (Å²) in [4.78, 5) is 19.9. The predicted molar refractivity (Wildman–Crippen MR) is 108 cm³/mol. The van der Waals surface area contributed by atoms with Gasteiger partial charge in [0.05, 0.1) is 16.1 Å². The number of carbonyl (C=O) groups excluding carboxylic acids is 1. The predicted octanol–water partition coefficient (Wildman–Crippen LogP) is 3.64. The first kappa shape index (κ1) is 18.9. The minimum atomic E-state index is -3.74. The topological polar surface area (TPSA) is 95.2 Å². The molecular formula is C19H19ClN4O3S. The Morgan fingerprint density at radius 3 is 2.61 bits per heavy atom. The first-order chi connectivity index (χ1) is 13.4. The average Bonchev–Trinajstić information content (AvgIpc) is 3.11. The van der Waals surface area contributed by atoms with Crippen LogP contribution >= 0.6 is 11.6 Å². The van der Waals surface area contributed by atoms with E-state index in [1.807, 2.05) is 24.3 Å². The third-order valence-corrected chi connectivity index (χ3v) is 7.13. The molecule has 1 aliphatic heterocycles. The lowest BCUT2D eigenvalue weighted by atomic mass is 10.2. The van der Waals surface area contributed by atoms with Crippen LogP contribution in [0.1, 0.15) is 29.6 Å². The molecule has 1 fully saturated rings. The summed E-state index contributed by atoms with van der Waals surface area (Å²) in [5.41, 5.74) is 1.71. The second-order valence-corrected chi connectivity index (χ2v) is 8.98. The van der Waals surface area contributed by atoms with E-state index in [1.165, 1.54) is 22.5 Å². The number of nitrogens with zero attached hydrogens (tertiary/aromatic N) is 2. The average molecular weight is 419 g/mol. The fraction of sp³-hybridized carbons (Fsp3) is 0.263. The summed E-state index contributed by atoms with van der Waals surface area (Å²) in [5, 5.41) is 2.77. The molecule has 7 nitrogen and oxygen atoms in total. The van der Waals surface area contributed by atoms with Crippen LogP contribution in [0, 0.1) is 0 Å². The molecule has 0 bridgehead atoms. The summed E-state index contributed by atoms with van der Waals surface area (Å²) in [7, 11) is -3.74. The number of imidazole rings is 1. The standard InChI is InChI=1S/C19H19ClN4O3S/c20-14-9-8-13(12-17(14)28(26,27)24-10-4-1-5-11-24)18(25)23-19-21-15-6-2-3-7-16(15)22-19/h2-3,6-9,12H,1,4-5,10-11H2,(H2,21,22,23,25). The summed E-state index contributed by atoms with van der Waals surface area (Å²) in [5.74, 6) is -0.174. The molecule has 1 aliphatic rings. The molecule has 1 amide bonds. The van der Waals surface area contributed by atoms with E-state index in [2.05, 4.69) is 15.3 Å². The van der Waals surface area contributed by atoms with Crippen LogP contribution in [-0.4, -0.2) is 41.7 Å². The summed E-state index contributed by atoms with van der Waals surface area (Å²) < 4.78 is 27.3. The van der Waals surface area contributed by atoms with Gasteiger partial charge in [0.15, 0.2) is 0 Å². The van der Waals surface area contributed by atoms with Crippen molar-refractivity contribution in [2.24, 2.45) is 0 Å². The lowest BCUT2D eigenvalue weighted by Gasteiger charge is -2.26. The van der Waals surface area contributed by atoms with Gasteiger partial charge in [0, 0.05) is 18.7 Å². The zero-order chi connectivity index (χ0) is 19.7. The summed E-state index contributed by atoms with van der Waals surface area (Å²) in [6.07, 6.45) is 2.66. The number of H-pyrrole nitrogens is 1. The number of hydrogen-bond donors (Lipinski definition) is 2. The second kappa shape index (κ2) is 7.54. The number of amides is 1. The van der Waals surface area contributed by atoms with Gasteiger partial charge in [-0.3, -0.25) is 10.1 Å². The Morgan fingerprint density at radius 2 is 1.86 bits per heavy atom. The maximum atomic E-state index is 12.9. The number of anilines is 1. The molecule has 0 atom stereocenters. The van der Waals surface area contributed by atoms with Crippen LogP contribution < -0.4 is 5.32 Å². The van der Waals surface area contributed by atoms with Crippen molar-refractivity contribution in [1.82, 2.24) is 14.3 Å². The fourth-order valence-corrected chi connectivity index (χ4v) is 5.30. The normalized spacial score (nSPS) is 15.6. The molecule has 0 saturated carbocycles. The van der Waals surface area contributed by atoms with Gasteiger partial charge in [0.2, 0.25) is 16.0 Å². The number of aromatic nitrogens is 2. The Hall–Kier alpha value is -2.42. The molecule has 0 spiro atoms. The van der Waals surface area contributed by atoms with Crippen LogP contribution in [0.4, 0.5) is 5.95 Å². The Bertz CT molecular complexity index is 1100. The van der Waals surface area contributed by atoms with Crippen LogP contribution in [0.3, 0.4) is 0 Å².